The summed E-state index contributed by atoms with van der Waals surface area (Å²) in [6.07, 6.45) is 0. The fourth-order valence-corrected chi connectivity index (χ4v) is 1.82. The van der Waals surface area contributed by atoms with E-state index in [1.807, 2.05) is 6.07 Å². The van der Waals surface area contributed by atoms with Crippen LogP contribution in [0.1, 0.15) is 12.5 Å². The zero-order chi connectivity index (χ0) is 15.5. The van der Waals surface area contributed by atoms with E-state index in [0.29, 0.717) is 5.56 Å². The zero-order valence-electron chi connectivity index (χ0n) is 11.3. The number of non-ortho nitro benzene ring substituents is 1. The molecule has 21 heavy (non-hydrogen) atoms. The van der Waals surface area contributed by atoms with Crippen molar-refractivity contribution in [2.45, 2.75) is 12.5 Å². The minimum absolute atomic E-state index is 0.142. The second kappa shape index (κ2) is 5.88. The van der Waals surface area contributed by atoms with Crippen molar-refractivity contribution in [1.29, 1.82) is 0 Å². The Kier molecular flexibility index (Phi) is 4.18. The summed E-state index contributed by atoms with van der Waals surface area (Å²) >= 11 is 0. The molecule has 5 nitrogen and oxygen atoms in total. The highest BCUT2D eigenvalue weighted by atomic mass is 19.1. The van der Waals surface area contributed by atoms with Crippen molar-refractivity contribution in [2.24, 2.45) is 0 Å². The maximum atomic E-state index is 13.7. The van der Waals surface area contributed by atoms with Crippen molar-refractivity contribution in [3.05, 3.63) is 70.0 Å². The van der Waals surface area contributed by atoms with Crippen molar-refractivity contribution in [3.8, 4) is 5.75 Å². The highest BCUT2D eigenvalue weighted by Crippen LogP contribution is 2.26. The highest BCUT2D eigenvalue weighted by Gasteiger charge is 2.24. The Labute approximate surface area is 120 Å². The first-order valence-corrected chi connectivity index (χ1v) is 6.25. The van der Waals surface area contributed by atoms with Crippen molar-refractivity contribution in [2.75, 3.05) is 6.61 Å². The monoisotopic (exact) mass is 291 g/mol. The second-order valence-corrected chi connectivity index (χ2v) is 4.80. The van der Waals surface area contributed by atoms with Crippen molar-refractivity contribution in [3.63, 3.8) is 0 Å². The fraction of sp³-hybridized carbons (Fsp3) is 0.200. The number of hydrogen-bond donors (Lipinski definition) is 1. The summed E-state index contributed by atoms with van der Waals surface area (Å²) in [5.41, 5.74) is -1.02. The third-order valence-electron chi connectivity index (χ3n) is 3.03. The van der Waals surface area contributed by atoms with E-state index in [1.165, 1.54) is 6.07 Å². The van der Waals surface area contributed by atoms with Crippen LogP contribution in [0.15, 0.2) is 48.5 Å². The van der Waals surface area contributed by atoms with E-state index < -0.39 is 16.3 Å². The molecule has 1 unspecified atom stereocenters. The number of nitro groups is 1. The van der Waals surface area contributed by atoms with Crippen LogP contribution in [0, 0.1) is 15.9 Å². The van der Waals surface area contributed by atoms with E-state index >= 15 is 0 Å². The Morgan fingerprint density at radius 3 is 2.52 bits per heavy atom. The lowest BCUT2D eigenvalue weighted by Gasteiger charge is -2.24. The van der Waals surface area contributed by atoms with Gasteiger partial charge in [-0.25, -0.2) is 4.39 Å². The van der Waals surface area contributed by atoms with Gasteiger partial charge >= 0.3 is 0 Å². The predicted octanol–water partition coefficient (Wildman–Crippen LogP) is 3.02. The quantitative estimate of drug-likeness (QED) is 0.679. The molecule has 2 rings (SSSR count). The average molecular weight is 291 g/mol. The number of halogens is 1. The molecule has 0 radical (unpaired) electrons. The largest absolute Gasteiger partial charge is 0.487 e. The molecule has 0 saturated heterocycles. The van der Waals surface area contributed by atoms with Crippen LogP contribution < -0.4 is 4.74 Å². The molecule has 0 aromatic heterocycles. The summed E-state index contributed by atoms with van der Waals surface area (Å²) in [6, 6.07) is 11.9. The molecule has 0 aliphatic carbocycles. The van der Waals surface area contributed by atoms with Gasteiger partial charge in [0.15, 0.2) is 11.6 Å². The summed E-state index contributed by atoms with van der Waals surface area (Å²) < 4.78 is 18.9. The van der Waals surface area contributed by atoms with Crippen molar-refractivity contribution >= 4 is 5.69 Å². The first kappa shape index (κ1) is 14.9. The number of hydrogen-bond acceptors (Lipinski definition) is 4. The number of nitrogens with zero attached hydrogens (tertiary/aromatic N) is 1. The molecule has 0 saturated carbocycles. The third-order valence-corrected chi connectivity index (χ3v) is 3.03. The first-order valence-electron chi connectivity index (χ1n) is 6.25. The normalized spacial score (nSPS) is 13.5. The van der Waals surface area contributed by atoms with Crippen LogP contribution in [0.3, 0.4) is 0 Å². The van der Waals surface area contributed by atoms with Crippen LogP contribution in [0.2, 0.25) is 0 Å². The summed E-state index contributed by atoms with van der Waals surface area (Å²) in [5, 5.41) is 20.8. The third kappa shape index (κ3) is 3.55. The molecule has 2 aromatic rings. The van der Waals surface area contributed by atoms with E-state index in [1.54, 1.807) is 31.2 Å². The lowest BCUT2D eigenvalue weighted by Crippen LogP contribution is -2.29. The molecule has 0 bridgehead atoms. The number of benzene rings is 2. The van der Waals surface area contributed by atoms with Gasteiger partial charge in [-0.2, -0.15) is 0 Å². The molecule has 1 atom stereocenters. The summed E-state index contributed by atoms with van der Waals surface area (Å²) in [5.74, 6) is -0.982. The van der Waals surface area contributed by atoms with Gasteiger partial charge in [0.1, 0.15) is 12.2 Å². The first-order chi connectivity index (χ1) is 9.90. The SMILES string of the molecule is CC(O)(COc1ccc([N+](=O)[O-])cc1F)c1ccccc1. The minimum Gasteiger partial charge on any atom is -0.487 e. The molecule has 0 amide bonds. The number of aliphatic hydroxyl groups is 1. The Morgan fingerprint density at radius 2 is 1.95 bits per heavy atom. The molecule has 110 valence electrons. The van der Waals surface area contributed by atoms with E-state index in [4.69, 9.17) is 4.74 Å². The second-order valence-electron chi connectivity index (χ2n) is 4.80. The molecular weight excluding hydrogens is 277 g/mol. The molecule has 1 N–H and O–H groups in total. The van der Waals surface area contributed by atoms with Gasteiger partial charge in [-0.3, -0.25) is 10.1 Å². The van der Waals surface area contributed by atoms with Crippen molar-refractivity contribution in [1.82, 2.24) is 0 Å². The van der Waals surface area contributed by atoms with Crippen LogP contribution in [0.25, 0.3) is 0 Å². The van der Waals surface area contributed by atoms with Crippen LogP contribution >= 0.6 is 0 Å². The topological polar surface area (TPSA) is 72.6 Å². The number of rotatable bonds is 5. The van der Waals surface area contributed by atoms with Gasteiger partial charge in [0.05, 0.1) is 11.0 Å². The molecule has 0 aliphatic rings. The molecule has 0 fully saturated rings. The predicted molar refractivity (Wildman–Crippen MR) is 74.6 cm³/mol. The van der Waals surface area contributed by atoms with Gasteiger partial charge < -0.3 is 9.84 Å². The van der Waals surface area contributed by atoms with E-state index in [2.05, 4.69) is 0 Å². The fourth-order valence-electron chi connectivity index (χ4n) is 1.82. The molecule has 2 aromatic carbocycles. The maximum Gasteiger partial charge on any atom is 0.272 e. The van der Waals surface area contributed by atoms with Crippen LogP contribution in [-0.4, -0.2) is 16.6 Å². The van der Waals surface area contributed by atoms with Crippen LogP contribution in [0.4, 0.5) is 10.1 Å². The number of ether oxygens (including phenoxy) is 1. The van der Waals surface area contributed by atoms with Gasteiger partial charge in [-0.05, 0) is 18.6 Å². The molecule has 0 heterocycles. The van der Waals surface area contributed by atoms with E-state index in [-0.39, 0.29) is 18.0 Å². The Bertz CT molecular complexity index is 643. The lowest BCUT2D eigenvalue weighted by molar-refractivity contribution is -0.385. The van der Waals surface area contributed by atoms with E-state index in [0.717, 1.165) is 12.1 Å². The Morgan fingerprint density at radius 1 is 1.29 bits per heavy atom. The summed E-state index contributed by atoms with van der Waals surface area (Å²) in [7, 11) is 0. The Hall–Kier alpha value is -2.47. The minimum atomic E-state index is -1.30. The van der Waals surface area contributed by atoms with Crippen LogP contribution in [-0.2, 0) is 5.60 Å². The van der Waals surface area contributed by atoms with Gasteiger partial charge in [0.2, 0.25) is 0 Å². The van der Waals surface area contributed by atoms with Gasteiger partial charge in [0.25, 0.3) is 5.69 Å². The van der Waals surface area contributed by atoms with Gasteiger partial charge in [0, 0.05) is 6.07 Å². The zero-order valence-corrected chi connectivity index (χ0v) is 11.3. The summed E-state index contributed by atoms with van der Waals surface area (Å²) in [6.45, 7) is 1.37. The molecular formula is C15H14FNO4. The van der Waals surface area contributed by atoms with Crippen molar-refractivity contribution < 1.29 is 19.2 Å². The molecule has 0 aliphatic heterocycles. The standard InChI is InChI=1S/C15H14FNO4/c1-15(18,11-5-3-2-4-6-11)10-21-14-8-7-12(17(19)20)9-13(14)16/h2-9,18H,10H2,1H3. The van der Waals surface area contributed by atoms with Crippen LogP contribution in [0.5, 0.6) is 5.75 Å². The smallest absolute Gasteiger partial charge is 0.272 e. The van der Waals surface area contributed by atoms with E-state index in [9.17, 15) is 19.6 Å². The van der Waals surface area contributed by atoms with Gasteiger partial charge in [-0.1, -0.05) is 30.3 Å². The highest BCUT2D eigenvalue weighted by molar-refractivity contribution is 5.37. The average Bonchev–Trinajstić information content (AvgIpc) is 2.46. The lowest BCUT2D eigenvalue weighted by atomic mass is 9.97. The van der Waals surface area contributed by atoms with Gasteiger partial charge in [-0.15, -0.1) is 0 Å². The Balaban J connectivity index is 2.11. The molecule has 0 spiro atoms. The maximum absolute atomic E-state index is 13.7. The number of nitro benzene ring substituents is 1. The molecule has 6 heteroatoms. The summed E-state index contributed by atoms with van der Waals surface area (Å²) in [4.78, 5) is 9.84.